The first-order chi connectivity index (χ1) is 6.60. The van der Waals surface area contributed by atoms with Gasteiger partial charge in [0.15, 0.2) is 0 Å². The molecule has 1 atom stereocenters. The number of carbonyl (C=O) groups excluding carboxylic acids is 2. The molecule has 0 aromatic carbocycles. The maximum absolute atomic E-state index is 11.1. The summed E-state index contributed by atoms with van der Waals surface area (Å²) in [5.41, 5.74) is 0. The van der Waals surface area contributed by atoms with Crippen LogP contribution in [0, 0.1) is 0 Å². The monoisotopic (exact) mass is 202 g/mol. The Labute approximate surface area is 84.6 Å². The first-order valence-electron chi connectivity index (χ1n) is 4.95. The molecule has 0 aliphatic carbocycles. The maximum Gasteiger partial charge on any atom is 0.306 e. The Morgan fingerprint density at radius 2 is 1.71 bits per heavy atom. The summed E-state index contributed by atoms with van der Waals surface area (Å²) in [6.45, 7) is 5.83. The summed E-state index contributed by atoms with van der Waals surface area (Å²) in [7, 11) is 0. The molecule has 0 aliphatic rings. The van der Waals surface area contributed by atoms with Crippen molar-refractivity contribution in [3.8, 4) is 0 Å². The predicted molar refractivity (Wildman–Crippen MR) is 51.7 cm³/mol. The number of carbonyl (C=O) groups is 2. The first-order valence-corrected chi connectivity index (χ1v) is 4.95. The summed E-state index contributed by atoms with van der Waals surface area (Å²) in [6, 6.07) is 0. The van der Waals surface area contributed by atoms with Crippen LogP contribution in [0.5, 0.6) is 0 Å². The van der Waals surface area contributed by atoms with Crippen LogP contribution in [0.3, 0.4) is 0 Å². The second kappa shape index (κ2) is 7.35. The summed E-state index contributed by atoms with van der Waals surface area (Å²) in [4.78, 5) is 22.0. The van der Waals surface area contributed by atoms with Crippen LogP contribution in [-0.4, -0.2) is 24.6 Å². The van der Waals surface area contributed by atoms with Crippen molar-refractivity contribution >= 4 is 11.9 Å². The highest BCUT2D eigenvalue weighted by atomic mass is 16.5. The van der Waals surface area contributed by atoms with E-state index < -0.39 is 0 Å². The van der Waals surface area contributed by atoms with E-state index in [9.17, 15) is 9.59 Å². The van der Waals surface area contributed by atoms with Crippen molar-refractivity contribution in [2.45, 2.75) is 46.1 Å². The molecular weight excluding hydrogens is 184 g/mol. The van der Waals surface area contributed by atoms with E-state index in [4.69, 9.17) is 4.74 Å². The van der Waals surface area contributed by atoms with E-state index in [1.807, 2.05) is 13.8 Å². The molecule has 0 bridgehead atoms. The molecule has 82 valence electrons. The van der Waals surface area contributed by atoms with Gasteiger partial charge >= 0.3 is 11.9 Å². The van der Waals surface area contributed by atoms with Gasteiger partial charge in [-0.25, -0.2) is 0 Å². The van der Waals surface area contributed by atoms with E-state index in [1.165, 1.54) is 0 Å². The van der Waals surface area contributed by atoms with Gasteiger partial charge in [0.05, 0.1) is 25.6 Å². The van der Waals surface area contributed by atoms with E-state index in [-0.39, 0.29) is 30.9 Å². The average molecular weight is 202 g/mol. The largest absolute Gasteiger partial charge is 0.466 e. The molecule has 4 heteroatoms. The van der Waals surface area contributed by atoms with Crippen molar-refractivity contribution in [2.75, 3.05) is 6.61 Å². The van der Waals surface area contributed by atoms with E-state index in [0.717, 1.165) is 6.42 Å². The SMILES string of the molecule is CCOC(=O)CCC(=O)OC(C)CC. The van der Waals surface area contributed by atoms with Crippen LogP contribution in [0.15, 0.2) is 0 Å². The highest BCUT2D eigenvalue weighted by Crippen LogP contribution is 2.01. The minimum Gasteiger partial charge on any atom is -0.466 e. The highest BCUT2D eigenvalue weighted by molar-refractivity contribution is 5.77. The molecule has 0 fully saturated rings. The number of hydrogen-bond acceptors (Lipinski definition) is 4. The topological polar surface area (TPSA) is 52.6 Å². The second-order valence-electron chi connectivity index (χ2n) is 3.01. The highest BCUT2D eigenvalue weighted by Gasteiger charge is 2.10. The van der Waals surface area contributed by atoms with E-state index in [0.29, 0.717) is 6.61 Å². The van der Waals surface area contributed by atoms with E-state index in [1.54, 1.807) is 6.92 Å². The van der Waals surface area contributed by atoms with Gasteiger partial charge in [-0.15, -0.1) is 0 Å². The number of rotatable bonds is 6. The number of ether oxygens (including phenoxy) is 2. The second-order valence-corrected chi connectivity index (χ2v) is 3.01. The van der Waals surface area contributed by atoms with Gasteiger partial charge in [-0.3, -0.25) is 9.59 Å². The smallest absolute Gasteiger partial charge is 0.306 e. The average Bonchev–Trinajstić information content (AvgIpc) is 2.15. The number of hydrogen-bond donors (Lipinski definition) is 0. The molecule has 0 aliphatic heterocycles. The van der Waals surface area contributed by atoms with Crippen LogP contribution in [0.1, 0.15) is 40.0 Å². The zero-order chi connectivity index (χ0) is 11.0. The zero-order valence-corrected chi connectivity index (χ0v) is 9.04. The summed E-state index contributed by atoms with van der Waals surface area (Å²) < 4.78 is 9.66. The molecule has 0 aromatic rings. The van der Waals surface area contributed by atoms with Gasteiger partial charge < -0.3 is 9.47 Å². The van der Waals surface area contributed by atoms with Crippen LogP contribution < -0.4 is 0 Å². The van der Waals surface area contributed by atoms with Crippen LogP contribution in [0.4, 0.5) is 0 Å². The Hall–Kier alpha value is -1.06. The van der Waals surface area contributed by atoms with Gasteiger partial charge in [0.25, 0.3) is 0 Å². The van der Waals surface area contributed by atoms with E-state index in [2.05, 4.69) is 4.74 Å². The van der Waals surface area contributed by atoms with Crippen molar-refractivity contribution in [2.24, 2.45) is 0 Å². The number of esters is 2. The van der Waals surface area contributed by atoms with Crippen LogP contribution in [0.25, 0.3) is 0 Å². The lowest BCUT2D eigenvalue weighted by molar-refractivity contribution is -0.153. The molecule has 0 saturated carbocycles. The lowest BCUT2D eigenvalue weighted by Gasteiger charge is -2.10. The molecular formula is C10H18O4. The Bertz CT molecular complexity index is 189. The first kappa shape index (κ1) is 12.9. The Kier molecular flexibility index (Phi) is 6.80. The van der Waals surface area contributed by atoms with Crippen LogP contribution >= 0.6 is 0 Å². The van der Waals surface area contributed by atoms with Crippen molar-refractivity contribution in [1.82, 2.24) is 0 Å². The summed E-state index contributed by atoms with van der Waals surface area (Å²) in [5, 5.41) is 0. The van der Waals surface area contributed by atoms with Gasteiger partial charge in [-0.1, -0.05) is 6.92 Å². The zero-order valence-electron chi connectivity index (χ0n) is 9.04. The lowest BCUT2D eigenvalue weighted by atomic mass is 10.3. The third-order valence-electron chi connectivity index (χ3n) is 1.75. The fourth-order valence-electron chi connectivity index (χ4n) is 0.804. The molecule has 0 amide bonds. The Morgan fingerprint density at radius 3 is 2.21 bits per heavy atom. The van der Waals surface area contributed by atoms with Gasteiger partial charge in [0.1, 0.15) is 0 Å². The molecule has 0 radical (unpaired) electrons. The van der Waals surface area contributed by atoms with Gasteiger partial charge in [-0.2, -0.15) is 0 Å². The summed E-state index contributed by atoms with van der Waals surface area (Å²) in [6.07, 6.45) is 0.905. The van der Waals surface area contributed by atoms with Crippen LogP contribution in [-0.2, 0) is 19.1 Å². The quantitative estimate of drug-likeness (QED) is 0.615. The van der Waals surface area contributed by atoms with Crippen molar-refractivity contribution < 1.29 is 19.1 Å². The fourth-order valence-corrected chi connectivity index (χ4v) is 0.804. The molecule has 0 aromatic heterocycles. The minimum atomic E-state index is -0.353. The molecule has 4 nitrogen and oxygen atoms in total. The molecule has 1 unspecified atom stereocenters. The van der Waals surface area contributed by atoms with Crippen molar-refractivity contribution in [3.63, 3.8) is 0 Å². The van der Waals surface area contributed by atoms with Gasteiger partial charge in [0.2, 0.25) is 0 Å². The summed E-state index contributed by atoms with van der Waals surface area (Å²) in [5.74, 6) is -0.694. The van der Waals surface area contributed by atoms with E-state index >= 15 is 0 Å². The minimum absolute atomic E-state index is 0.0790. The molecule has 0 heterocycles. The molecule has 0 saturated heterocycles. The van der Waals surface area contributed by atoms with Crippen molar-refractivity contribution in [3.05, 3.63) is 0 Å². The normalized spacial score (nSPS) is 11.9. The van der Waals surface area contributed by atoms with Gasteiger partial charge in [-0.05, 0) is 20.3 Å². The van der Waals surface area contributed by atoms with Crippen molar-refractivity contribution in [1.29, 1.82) is 0 Å². The molecule has 0 spiro atoms. The molecule has 0 N–H and O–H groups in total. The molecule has 0 rings (SSSR count). The Morgan fingerprint density at radius 1 is 1.14 bits per heavy atom. The summed E-state index contributed by atoms with van der Waals surface area (Å²) >= 11 is 0. The standard InChI is InChI=1S/C10H18O4/c1-4-8(3)14-10(12)7-6-9(11)13-5-2/h8H,4-7H2,1-3H3. The van der Waals surface area contributed by atoms with Crippen LogP contribution in [0.2, 0.25) is 0 Å². The fraction of sp³-hybridized carbons (Fsp3) is 0.800. The lowest BCUT2D eigenvalue weighted by Crippen LogP contribution is -2.15. The van der Waals surface area contributed by atoms with Gasteiger partial charge in [0, 0.05) is 0 Å². The molecule has 14 heavy (non-hydrogen) atoms. The third kappa shape index (κ3) is 6.46. The third-order valence-corrected chi connectivity index (χ3v) is 1.75. The Balaban J connectivity index is 3.58. The maximum atomic E-state index is 11.1. The predicted octanol–water partition coefficient (Wildman–Crippen LogP) is 1.67.